The lowest BCUT2D eigenvalue weighted by Gasteiger charge is -2.48. The van der Waals surface area contributed by atoms with Crippen LogP contribution in [0.5, 0.6) is 0 Å². The molecule has 0 aromatic carbocycles. The van der Waals surface area contributed by atoms with Crippen molar-refractivity contribution >= 4 is 0 Å². The molecule has 0 aromatic rings. The van der Waals surface area contributed by atoms with Crippen molar-refractivity contribution in [2.45, 2.75) is 87.7 Å². The van der Waals surface area contributed by atoms with Crippen LogP contribution in [0.25, 0.3) is 0 Å². The first-order valence-electron chi connectivity index (χ1n) is 9.00. The van der Waals surface area contributed by atoms with Gasteiger partial charge in [0.15, 0.2) is 5.79 Å². The lowest BCUT2D eigenvalue weighted by atomic mass is 9.81. The molecule has 4 aliphatic rings. The van der Waals surface area contributed by atoms with Crippen LogP contribution in [0.4, 0.5) is 0 Å². The zero-order chi connectivity index (χ0) is 14.3. The van der Waals surface area contributed by atoms with Crippen LogP contribution in [-0.2, 0) is 9.47 Å². The number of fused-ring (bicyclic) bond motifs is 2. The Balaban J connectivity index is 1.29. The van der Waals surface area contributed by atoms with Gasteiger partial charge in [-0.05, 0) is 45.6 Å². The summed E-state index contributed by atoms with van der Waals surface area (Å²) in [5, 5.41) is 3.98. The Bertz CT molecular complexity index is 346. The fourth-order valence-corrected chi connectivity index (χ4v) is 5.10. The van der Waals surface area contributed by atoms with E-state index in [0.29, 0.717) is 6.04 Å². The minimum Gasteiger partial charge on any atom is -0.348 e. The lowest BCUT2D eigenvalue weighted by molar-refractivity contribution is -0.180. The molecule has 1 saturated carbocycles. The Hall–Kier alpha value is -0.160. The quantitative estimate of drug-likeness (QED) is 0.847. The number of nitrogens with zero attached hydrogens (tertiary/aromatic N) is 1. The summed E-state index contributed by atoms with van der Waals surface area (Å²) >= 11 is 0. The molecule has 1 N–H and O–H groups in total. The number of hydrogen-bond acceptors (Lipinski definition) is 4. The molecule has 3 heterocycles. The van der Waals surface area contributed by atoms with E-state index in [1.165, 1.54) is 44.9 Å². The van der Waals surface area contributed by atoms with Gasteiger partial charge in [0, 0.05) is 37.0 Å². The Labute approximate surface area is 128 Å². The van der Waals surface area contributed by atoms with Crippen molar-refractivity contribution in [3.8, 4) is 0 Å². The average Bonchev–Trinajstić information content (AvgIpc) is 2.91. The van der Waals surface area contributed by atoms with E-state index in [4.69, 9.17) is 9.47 Å². The van der Waals surface area contributed by atoms with E-state index in [9.17, 15) is 0 Å². The van der Waals surface area contributed by atoms with Crippen LogP contribution in [-0.4, -0.2) is 55.1 Å². The third kappa shape index (κ3) is 2.88. The second-order valence-corrected chi connectivity index (χ2v) is 7.62. The SMILES string of the molecule is CN1C2CCCC1CC(NC1CCC3(CC1)OCCO3)C2. The molecule has 1 aliphatic carbocycles. The van der Waals surface area contributed by atoms with Gasteiger partial charge < -0.3 is 19.7 Å². The summed E-state index contributed by atoms with van der Waals surface area (Å²) in [6, 6.07) is 3.07. The highest BCUT2D eigenvalue weighted by molar-refractivity contribution is 4.95. The van der Waals surface area contributed by atoms with Gasteiger partial charge in [0.1, 0.15) is 0 Å². The lowest BCUT2D eigenvalue weighted by Crippen LogP contribution is -2.56. The number of rotatable bonds is 2. The van der Waals surface area contributed by atoms with Crippen molar-refractivity contribution in [3.05, 3.63) is 0 Å². The number of nitrogens with one attached hydrogen (secondary N) is 1. The van der Waals surface area contributed by atoms with Crippen molar-refractivity contribution in [2.75, 3.05) is 20.3 Å². The zero-order valence-electron chi connectivity index (χ0n) is 13.4. The summed E-state index contributed by atoms with van der Waals surface area (Å²) in [5.41, 5.74) is 0. The smallest absolute Gasteiger partial charge is 0.168 e. The first-order valence-corrected chi connectivity index (χ1v) is 9.00. The molecular formula is C17H30N2O2. The monoisotopic (exact) mass is 294 g/mol. The summed E-state index contributed by atoms with van der Waals surface area (Å²) in [7, 11) is 2.34. The van der Waals surface area contributed by atoms with E-state index in [1.807, 2.05) is 0 Å². The minimum atomic E-state index is -0.207. The topological polar surface area (TPSA) is 33.7 Å². The van der Waals surface area contributed by atoms with Crippen molar-refractivity contribution in [1.29, 1.82) is 0 Å². The van der Waals surface area contributed by atoms with Crippen molar-refractivity contribution in [2.24, 2.45) is 0 Å². The molecule has 0 amide bonds. The Morgan fingerprint density at radius 3 is 2.14 bits per heavy atom. The Morgan fingerprint density at radius 2 is 1.52 bits per heavy atom. The number of hydrogen-bond donors (Lipinski definition) is 1. The van der Waals surface area contributed by atoms with E-state index in [2.05, 4.69) is 17.3 Å². The summed E-state index contributed by atoms with van der Waals surface area (Å²) in [6.45, 7) is 1.58. The van der Waals surface area contributed by atoms with E-state index < -0.39 is 0 Å². The van der Waals surface area contributed by atoms with Crippen LogP contribution >= 0.6 is 0 Å². The van der Waals surface area contributed by atoms with Crippen LogP contribution in [0.15, 0.2) is 0 Å². The molecule has 0 aromatic heterocycles. The van der Waals surface area contributed by atoms with Crippen LogP contribution in [0.1, 0.15) is 57.8 Å². The summed E-state index contributed by atoms with van der Waals surface area (Å²) in [6.07, 6.45) is 11.5. The van der Waals surface area contributed by atoms with Gasteiger partial charge in [-0.1, -0.05) is 6.42 Å². The molecule has 4 nitrogen and oxygen atoms in total. The van der Waals surface area contributed by atoms with Gasteiger partial charge in [0.2, 0.25) is 0 Å². The molecule has 2 atom stereocenters. The Morgan fingerprint density at radius 1 is 0.905 bits per heavy atom. The first-order chi connectivity index (χ1) is 10.2. The predicted octanol–water partition coefficient (Wildman–Crippen LogP) is 2.28. The van der Waals surface area contributed by atoms with Crippen LogP contribution in [0.3, 0.4) is 0 Å². The number of ether oxygens (including phenoxy) is 2. The first kappa shape index (κ1) is 14.4. The number of piperidine rings is 2. The second kappa shape index (κ2) is 5.80. The molecule has 2 unspecified atom stereocenters. The van der Waals surface area contributed by atoms with Gasteiger partial charge in [-0.3, -0.25) is 0 Å². The maximum atomic E-state index is 5.84. The van der Waals surface area contributed by atoms with Crippen LogP contribution in [0, 0.1) is 0 Å². The Kier molecular flexibility index (Phi) is 3.99. The van der Waals surface area contributed by atoms with Gasteiger partial charge in [-0.2, -0.15) is 0 Å². The largest absolute Gasteiger partial charge is 0.348 e. The second-order valence-electron chi connectivity index (χ2n) is 7.62. The van der Waals surface area contributed by atoms with E-state index in [-0.39, 0.29) is 5.79 Å². The highest BCUT2D eigenvalue weighted by atomic mass is 16.7. The fraction of sp³-hybridized carbons (Fsp3) is 1.00. The molecule has 21 heavy (non-hydrogen) atoms. The highest BCUT2D eigenvalue weighted by Gasteiger charge is 2.42. The van der Waals surface area contributed by atoms with Gasteiger partial charge in [-0.15, -0.1) is 0 Å². The minimum absolute atomic E-state index is 0.207. The molecule has 4 rings (SSSR count). The molecule has 2 bridgehead atoms. The molecule has 3 aliphatic heterocycles. The maximum Gasteiger partial charge on any atom is 0.168 e. The average molecular weight is 294 g/mol. The van der Waals surface area contributed by atoms with Gasteiger partial charge in [0.05, 0.1) is 13.2 Å². The molecule has 4 heteroatoms. The summed E-state index contributed by atoms with van der Waals surface area (Å²) < 4.78 is 11.7. The van der Waals surface area contributed by atoms with Crippen LogP contribution < -0.4 is 5.32 Å². The van der Waals surface area contributed by atoms with Crippen molar-refractivity contribution in [3.63, 3.8) is 0 Å². The van der Waals surface area contributed by atoms with Gasteiger partial charge in [-0.25, -0.2) is 0 Å². The third-order valence-corrected chi connectivity index (χ3v) is 6.37. The van der Waals surface area contributed by atoms with E-state index in [0.717, 1.165) is 44.2 Å². The third-order valence-electron chi connectivity index (χ3n) is 6.37. The highest BCUT2D eigenvalue weighted by Crippen LogP contribution is 2.37. The van der Waals surface area contributed by atoms with Crippen molar-refractivity contribution in [1.82, 2.24) is 10.2 Å². The molecule has 120 valence electrons. The van der Waals surface area contributed by atoms with E-state index >= 15 is 0 Å². The fourth-order valence-electron chi connectivity index (χ4n) is 5.10. The molecule has 1 spiro atoms. The van der Waals surface area contributed by atoms with Gasteiger partial charge >= 0.3 is 0 Å². The van der Waals surface area contributed by atoms with Crippen molar-refractivity contribution < 1.29 is 9.47 Å². The molecule has 3 saturated heterocycles. The molecular weight excluding hydrogens is 264 g/mol. The van der Waals surface area contributed by atoms with Crippen LogP contribution in [0.2, 0.25) is 0 Å². The zero-order valence-corrected chi connectivity index (χ0v) is 13.4. The van der Waals surface area contributed by atoms with E-state index in [1.54, 1.807) is 0 Å². The summed E-state index contributed by atoms with van der Waals surface area (Å²) in [4.78, 5) is 2.65. The normalized spacial score (nSPS) is 40.7. The molecule has 4 fully saturated rings. The summed E-state index contributed by atoms with van der Waals surface area (Å²) in [5.74, 6) is -0.207. The standard InChI is InChI=1S/C17H30N2O2/c1-19-15-3-2-4-16(19)12-14(11-15)18-13-5-7-17(8-6-13)20-9-10-21-17/h13-16,18H,2-12H2,1H3. The van der Waals surface area contributed by atoms with Gasteiger partial charge in [0.25, 0.3) is 0 Å². The molecule has 0 radical (unpaired) electrons. The predicted molar refractivity (Wildman–Crippen MR) is 82.2 cm³/mol. The maximum absolute atomic E-state index is 5.84.